The molecule has 26 heavy (non-hydrogen) atoms. The number of guanidine groups is 1. The molecule has 5 nitrogen and oxygen atoms in total. The van der Waals surface area contributed by atoms with Crippen molar-refractivity contribution >= 4 is 29.9 Å². The molecule has 0 spiro atoms. The van der Waals surface area contributed by atoms with Crippen molar-refractivity contribution in [3.05, 3.63) is 59.4 Å². The number of nitrogens with one attached hydrogen (secondary N) is 2. The van der Waals surface area contributed by atoms with Crippen LogP contribution >= 0.6 is 24.0 Å². The third-order valence-electron chi connectivity index (χ3n) is 3.62. The fourth-order valence-electron chi connectivity index (χ4n) is 2.35. The molecule has 0 unspecified atom stereocenters. The van der Waals surface area contributed by atoms with Gasteiger partial charge < -0.3 is 20.1 Å². The van der Waals surface area contributed by atoms with Gasteiger partial charge >= 0.3 is 0 Å². The monoisotopic (exact) mass is 473 g/mol. The average Bonchev–Trinajstić information content (AvgIpc) is 2.64. The van der Waals surface area contributed by atoms with E-state index < -0.39 is 0 Å². The summed E-state index contributed by atoms with van der Waals surface area (Å²) in [7, 11) is 3.09. The highest BCUT2D eigenvalue weighted by Gasteiger charge is 2.05. The lowest BCUT2D eigenvalue weighted by molar-refractivity contribution is 0.386. The Bertz CT molecular complexity index is 726. The number of hydrogen-bond acceptors (Lipinski definition) is 3. The zero-order valence-corrected chi connectivity index (χ0v) is 17.5. The Labute approximate surface area is 171 Å². The van der Waals surface area contributed by atoms with Crippen LogP contribution in [0.1, 0.15) is 18.1 Å². The van der Waals surface area contributed by atoms with Crippen LogP contribution in [0.5, 0.6) is 11.5 Å². The molecule has 0 fully saturated rings. The van der Waals surface area contributed by atoms with Gasteiger partial charge in [0.05, 0.1) is 20.8 Å². The number of ether oxygens (including phenoxy) is 2. The molecule has 2 aromatic rings. The van der Waals surface area contributed by atoms with Crippen LogP contribution in [0.2, 0.25) is 0 Å². The van der Waals surface area contributed by atoms with Crippen molar-refractivity contribution in [3.8, 4) is 11.5 Å². The molecule has 0 aliphatic heterocycles. The lowest BCUT2D eigenvalue weighted by atomic mass is 10.2. The van der Waals surface area contributed by atoms with Crippen molar-refractivity contribution in [2.45, 2.75) is 20.0 Å². The fourth-order valence-corrected chi connectivity index (χ4v) is 2.35. The Balaban J connectivity index is 0.00000338. The predicted molar refractivity (Wildman–Crippen MR) is 113 cm³/mol. The first-order valence-corrected chi connectivity index (χ1v) is 8.14. The summed E-state index contributed by atoms with van der Waals surface area (Å²) in [4.78, 5) is 4.50. The van der Waals surface area contributed by atoms with Gasteiger partial charge in [-0.05, 0) is 30.7 Å². The fraction of sp³-hybridized carbons (Fsp3) is 0.316. The summed E-state index contributed by atoms with van der Waals surface area (Å²) in [5, 5.41) is 6.44. The first kappa shape index (κ1) is 22.0. The summed E-state index contributed by atoms with van der Waals surface area (Å²) in [6, 6.07) is 12.6. The van der Waals surface area contributed by atoms with Gasteiger partial charge in [-0.25, -0.2) is 9.38 Å². The van der Waals surface area contributed by atoms with E-state index in [2.05, 4.69) is 15.6 Å². The van der Waals surface area contributed by atoms with E-state index in [9.17, 15) is 4.39 Å². The van der Waals surface area contributed by atoms with Gasteiger partial charge in [0.2, 0.25) is 0 Å². The summed E-state index contributed by atoms with van der Waals surface area (Å²) >= 11 is 0. The number of para-hydroxylation sites is 1. The second-order valence-electron chi connectivity index (χ2n) is 5.33. The highest BCUT2D eigenvalue weighted by atomic mass is 127. The molecular weight excluding hydrogens is 448 g/mol. The maximum atomic E-state index is 13.8. The van der Waals surface area contributed by atoms with E-state index in [0.717, 1.165) is 23.4 Å². The van der Waals surface area contributed by atoms with Crippen LogP contribution < -0.4 is 20.1 Å². The van der Waals surface area contributed by atoms with Crippen molar-refractivity contribution in [2.75, 3.05) is 20.8 Å². The summed E-state index contributed by atoms with van der Waals surface area (Å²) in [5.41, 5.74) is 1.80. The van der Waals surface area contributed by atoms with Crippen molar-refractivity contribution < 1.29 is 13.9 Å². The number of rotatable bonds is 7. The van der Waals surface area contributed by atoms with Gasteiger partial charge in [0.1, 0.15) is 5.75 Å². The first-order chi connectivity index (χ1) is 12.2. The zero-order chi connectivity index (χ0) is 18.1. The zero-order valence-electron chi connectivity index (χ0n) is 15.2. The number of benzene rings is 2. The third-order valence-corrected chi connectivity index (χ3v) is 3.62. The molecule has 0 saturated heterocycles. The van der Waals surface area contributed by atoms with Crippen molar-refractivity contribution in [2.24, 2.45) is 4.99 Å². The third kappa shape index (κ3) is 6.36. The minimum atomic E-state index is -0.387. The van der Waals surface area contributed by atoms with Crippen LogP contribution in [0.15, 0.2) is 47.5 Å². The van der Waals surface area contributed by atoms with E-state index in [4.69, 9.17) is 9.47 Å². The summed E-state index contributed by atoms with van der Waals surface area (Å²) in [5.74, 6) is 1.32. The van der Waals surface area contributed by atoms with Crippen molar-refractivity contribution in [3.63, 3.8) is 0 Å². The first-order valence-electron chi connectivity index (χ1n) is 8.14. The standard InChI is InChI=1S/C19H24FN3O2.HI/c1-4-21-19(23-13-15-7-5-6-8-17(15)24-2)22-12-14-9-10-18(25-3)16(20)11-14;/h5-11H,4,12-13H2,1-3H3,(H2,21,22,23);1H. The Morgan fingerprint density at radius 1 is 1.04 bits per heavy atom. The minimum absolute atomic E-state index is 0. The number of halogens is 2. The molecule has 0 aliphatic rings. The molecule has 142 valence electrons. The molecule has 0 heterocycles. The molecule has 0 aromatic heterocycles. The second-order valence-corrected chi connectivity index (χ2v) is 5.33. The topological polar surface area (TPSA) is 54.9 Å². The molecule has 2 aromatic carbocycles. The predicted octanol–water partition coefficient (Wildman–Crippen LogP) is 3.72. The van der Waals surface area contributed by atoms with Crippen molar-refractivity contribution in [1.82, 2.24) is 10.6 Å². The van der Waals surface area contributed by atoms with E-state index in [1.54, 1.807) is 19.2 Å². The van der Waals surface area contributed by atoms with Crippen LogP contribution in [0.25, 0.3) is 0 Å². The maximum absolute atomic E-state index is 13.8. The Kier molecular flexibility index (Phi) is 9.79. The van der Waals surface area contributed by atoms with Gasteiger partial charge in [-0.15, -0.1) is 24.0 Å². The molecule has 0 amide bonds. The van der Waals surface area contributed by atoms with Crippen molar-refractivity contribution in [1.29, 1.82) is 0 Å². The molecule has 0 bridgehead atoms. The lowest BCUT2D eigenvalue weighted by Gasteiger charge is -2.13. The van der Waals surface area contributed by atoms with Gasteiger partial charge in [-0.2, -0.15) is 0 Å². The second kappa shape index (κ2) is 11.6. The Morgan fingerprint density at radius 2 is 1.77 bits per heavy atom. The lowest BCUT2D eigenvalue weighted by Crippen LogP contribution is -2.36. The number of aliphatic imine (C=N–C) groups is 1. The summed E-state index contributed by atoms with van der Waals surface area (Å²) < 4.78 is 24.0. The van der Waals surface area contributed by atoms with Crippen LogP contribution in [-0.4, -0.2) is 26.7 Å². The van der Waals surface area contributed by atoms with E-state index in [1.165, 1.54) is 13.2 Å². The largest absolute Gasteiger partial charge is 0.496 e. The van der Waals surface area contributed by atoms with E-state index in [-0.39, 0.29) is 35.5 Å². The number of nitrogens with zero attached hydrogens (tertiary/aromatic N) is 1. The molecule has 0 aliphatic carbocycles. The molecule has 2 N–H and O–H groups in total. The van der Waals surface area contributed by atoms with Gasteiger partial charge in [0.15, 0.2) is 17.5 Å². The van der Waals surface area contributed by atoms with Crippen LogP contribution in [0.4, 0.5) is 4.39 Å². The molecule has 7 heteroatoms. The maximum Gasteiger partial charge on any atom is 0.191 e. The molecule has 0 atom stereocenters. The van der Waals surface area contributed by atoms with Crippen LogP contribution in [0.3, 0.4) is 0 Å². The minimum Gasteiger partial charge on any atom is -0.496 e. The number of methoxy groups -OCH3 is 2. The normalized spacial score (nSPS) is 10.7. The smallest absolute Gasteiger partial charge is 0.191 e. The van der Waals surface area contributed by atoms with Gasteiger partial charge in [-0.1, -0.05) is 24.3 Å². The van der Waals surface area contributed by atoms with Gasteiger partial charge in [0.25, 0.3) is 0 Å². The summed E-state index contributed by atoms with van der Waals surface area (Å²) in [6.45, 7) is 3.66. The highest BCUT2D eigenvalue weighted by Crippen LogP contribution is 2.18. The molecule has 0 saturated carbocycles. The van der Waals surface area contributed by atoms with E-state index in [0.29, 0.717) is 19.0 Å². The van der Waals surface area contributed by atoms with Gasteiger partial charge in [0, 0.05) is 18.7 Å². The Morgan fingerprint density at radius 3 is 2.42 bits per heavy atom. The average molecular weight is 473 g/mol. The number of hydrogen-bond donors (Lipinski definition) is 2. The van der Waals surface area contributed by atoms with E-state index in [1.807, 2.05) is 31.2 Å². The summed E-state index contributed by atoms with van der Waals surface area (Å²) in [6.07, 6.45) is 0. The highest BCUT2D eigenvalue weighted by molar-refractivity contribution is 14.0. The van der Waals surface area contributed by atoms with Crippen LogP contribution in [0, 0.1) is 5.82 Å². The van der Waals surface area contributed by atoms with Crippen LogP contribution in [-0.2, 0) is 13.1 Å². The molecule has 0 radical (unpaired) electrons. The SMILES string of the molecule is CCNC(=NCc1ccc(OC)c(F)c1)NCc1ccccc1OC.I. The molecule has 2 rings (SSSR count). The molecular formula is C19H25FIN3O2. The van der Waals surface area contributed by atoms with E-state index >= 15 is 0 Å². The Hall–Kier alpha value is -2.03. The van der Waals surface area contributed by atoms with Gasteiger partial charge in [-0.3, -0.25) is 0 Å². The quantitative estimate of drug-likeness (QED) is 0.366.